The molecule has 31 heavy (non-hydrogen) atoms. The van der Waals surface area contributed by atoms with Gasteiger partial charge in [-0.25, -0.2) is 0 Å². The lowest BCUT2D eigenvalue weighted by Crippen LogP contribution is -2.19. The van der Waals surface area contributed by atoms with E-state index in [-0.39, 0.29) is 0 Å². The lowest BCUT2D eigenvalue weighted by Gasteiger charge is -2.28. The largest absolute Gasteiger partial charge is 0.507 e. The highest BCUT2D eigenvalue weighted by Crippen LogP contribution is 2.44. The first-order valence-corrected chi connectivity index (χ1v) is 11.3. The molecule has 0 spiro atoms. The minimum absolute atomic E-state index is 0.362. The fourth-order valence-corrected chi connectivity index (χ4v) is 5.67. The molecular formula is C29H26O2. The van der Waals surface area contributed by atoms with Gasteiger partial charge in [-0.05, 0) is 74.9 Å². The first-order valence-electron chi connectivity index (χ1n) is 11.3. The second kappa shape index (κ2) is 7.25. The summed E-state index contributed by atoms with van der Waals surface area (Å²) < 4.78 is 5.54. The highest BCUT2D eigenvalue weighted by atomic mass is 16.5. The van der Waals surface area contributed by atoms with Crippen LogP contribution in [0.25, 0.3) is 43.1 Å². The molecule has 6 rings (SSSR count). The summed E-state index contributed by atoms with van der Waals surface area (Å²) in [5, 5.41) is 20.9. The van der Waals surface area contributed by atoms with Crippen LogP contribution in [0.2, 0.25) is 0 Å². The van der Waals surface area contributed by atoms with Crippen LogP contribution in [0.5, 0.6) is 5.75 Å². The SMILES string of the molecule is COC1CCC(c2ccc3ccc4c5ccc6ccccc6c5ccc4c3c2O)CC1. The van der Waals surface area contributed by atoms with Gasteiger partial charge in [0.05, 0.1) is 6.10 Å². The van der Waals surface area contributed by atoms with Crippen LogP contribution in [0.3, 0.4) is 0 Å². The number of hydrogen-bond donors (Lipinski definition) is 1. The fraction of sp³-hybridized carbons (Fsp3) is 0.241. The van der Waals surface area contributed by atoms with Gasteiger partial charge < -0.3 is 9.84 Å². The standard InChI is InChI=1S/C29H26O2/c1-31-21-11-6-19(7-12-21)23-13-9-20-10-15-26-25-14-8-18-4-2-3-5-22(18)24(25)16-17-27(26)28(20)29(23)30/h2-5,8-10,13-17,19,21,30H,6-7,11-12H2,1H3. The molecule has 0 heterocycles. The minimum atomic E-state index is 0.362. The van der Waals surface area contributed by atoms with Crippen molar-refractivity contribution in [2.75, 3.05) is 7.11 Å². The minimum Gasteiger partial charge on any atom is -0.507 e. The Balaban J connectivity index is 1.57. The highest BCUT2D eigenvalue weighted by Gasteiger charge is 2.25. The first-order chi connectivity index (χ1) is 15.2. The second-order valence-corrected chi connectivity index (χ2v) is 8.92. The van der Waals surface area contributed by atoms with Crippen LogP contribution in [-0.4, -0.2) is 18.3 Å². The number of phenols is 1. The molecule has 0 aliphatic heterocycles. The average molecular weight is 407 g/mol. The number of aromatic hydroxyl groups is 1. The van der Waals surface area contributed by atoms with Gasteiger partial charge in [0.15, 0.2) is 0 Å². The Kier molecular flexibility index (Phi) is 4.36. The Labute approximate surface area is 182 Å². The van der Waals surface area contributed by atoms with E-state index >= 15 is 0 Å². The smallest absolute Gasteiger partial charge is 0.127 e. The van der Waals surface area contributed by atoms with Gasteiger partial charge in [-0.1, -0.05) is 72.8 Å². The Morgan fingerprint density at radius 2 is 1.26 bits per heavy atom. The fourth-order valence-electron chi connectivity index (χ4n) is 5.67. The number of hydrogen-bond acceptors (Lipinski definition) is 2. The summed E-state index contributed by atoms with van der Waals surface area (Å²) in [5.74, 6) is 0.861. The van der Waals surface area contributed by atoms with Gasteiger partial charge in [0.25, 0.3) is 0 Å². The van der Waals surface area contributed by atoms with Crippen molar-refractivity contribution in [3.63, 3.8) is 0 Å². The summed E-state index contributed by atoms with van der Waals surface area (Å²) in [6.07, 6.45) is 4.62. The van der Waals surface area contributed by atoms with E-state index < -0.39 is 0 Å². The Bertz CT molecular complexity index is 1440. The van der Waals surface area contributed by atoms with Crippen LogP contribution >= 0.6 is 0 Å². The maximum Gasteiger partial charge on any atom is 0.127 e. The molecule has 5 aromatic rings. The molecule has 0 amide bonds. The molecule has 1 fully saturated rings. The number of fused-ring (bicyclic) bond motifs is 7. The number of phenolic OH excluding ortho intramolecular Hbond substituents is 1. The second-order valence-electron chi connectivity index (χ2n) is 8.92. The monoisotopic (exact) mass is 406 g/mol. The van der Waals surface area contributed by atoms with Crippen molar-refractivity contribution in [2.45, 2.75) is 37.7 Å². The lowest BCUT2D eigenvalue weighted by atomic mass is 9.81. The van der Waals surface area contributed by atoms with Gasteiger partial charge >= 0.3 is 0 Å². The van der Waals surface area contributed by atoms with E-state index in [1.54, 1.807) is 7.11 Å². The summed E-state index contributed by atoms with van der Waals surface area (Å²) >= 11 is 0. The highest BCUT2D eigenvalue weighted by molar-refractivity contribution is 6.23. The van der Waals surface area contributed by atoms with Gasteiger partial charge in [-0.3, -0.25) is 0 Å². The molecule has 1 saturated carbocycles. The zero-order chi connectivity index (χ0) is 20.9. The van der Waals surface area contributed by atoms with Gasteiger partial charge in [-0.15, -0.1) is 0 Å². The zero-order valence-electron chi connectivity index (χ0n) is 17.8. The third-order valence-electron chi connectivity index (χ3n) is 7.36. The molecule has 2 nitrogen and oxygen atoms in total. The van der Waals surface area contributed by atoms with E-state index in [0.29, 0.717) is 17.8 Å². The third-order valence-corrected chi connectivity index (χ3v) is 7.36. The van der Waals surface area contributed by atoms with Gasteiger partial charge in [0.1, 0.15) is 5.75 Å². The van der Waals surface area contributed by atoms with Crippen molar-refractivity contribution in [3.05, 3.63) is 78.4 Å². The quantitative estimate of drug-likeness (QED) is 0.305. The van der Waals surface area contributed by atoms with E-state index in [1.165, 1.54) is 26.9 Å². The predicted molar refractivity (Wildman–Crippen MR) is 130 cm³/mol. The van der Waals surface area contributed by atoms with E-state index in [2.05, 4.69) is 72.8 Å². The predicted octanol–water partition coefficient (Wildman–Crippen LogP) is 7.68. The topological polar surface area (TPSA) is 29.5 Å². The zero-order valence-corrected chi connectivity index (χ0v) is 17.8. The van der Waals surface area contributed by atoms with E-state index in [9.17, 15) is 5.11 Å². The maximum atomic E-state index is 11.4. The van der Waals surface area contributed by atoms with E-state index in [4.69, 9.17) is 4.74 Å². The molecular weight excluding hydrogens is 380 g/mol. The lowest BCUT2D eigenvalue weighted by molar-refractivity contribution is 0.0656. The maximum absolute atomic E-state index is 11.4. The van der Waals surface area contributed by atoms with Crippen molar-refractivity contribution >= 4 is 43.1 Å². The Morgan fingerprint density at radius 1 is 0.645 bits per heavy atom. The van der Waals surface area contributed by atoms with Crippen molar-refractivity contribution in [3.8, 4) is 5.75 Å². The molecule has 1 aliphatic rings. The molecule has 0 atom stereocenters. The summed E-state index contributed by atoms with van der Waals surface area (Å²) in [6, 6.07) is 26.0. The van der Waals surface area contributed by atoms with Crippen molar-refractivity contribution in [1.82, 2.24) is 0 Å². The number of methoxy groups -OCH3 is 1. The molecule has 2 heteroatoms. The van der Waals surface area contributed by atoms with Crippen LogP contribution in [-0.2, 0) is 4.74 Å². The van der Waals surface area contributed by atoms with Gasteiger partial charge in [0, 0.05) is 12.5 Å². The summed E-state index contributed by atoms with van der Waals surface area (Å²) in [6.45, 7) is 0. The van der Waals surface area contributed by atoms with Crippen LogP contribution < -0.4 is 0 Å². The molecule has 1 N–H and O–H groups in total. The Hall–Kier alpha value is -3.10. The molecule has 0 saturated heterocycles. The Morgan fingerprint density at radius 3 is 2.06 bits per heavy atom. The van der Waals surface area contributed by atoms with Crippen LogP contribution in [0.1, 0.15) is 37.2 Å². The molecule has 5 aromatic carbocycles. The summed E-state index contributed by atoms with van der Waals surface area (Å²) in [5.41, 5.74) is 1.09. The molecule has 0 unspecified atom stereocenters. The van der Waals surface area contributed by atoms with Crippen LogP contribution in [0.4, 0.5) is 0 Å². The molecule has 0 radical (unpaired) electrons. The van der Waals surface area contributed by atoms with Crippen molar-refractivity contribution < 1.29 is 9.84 Å². The number of benzene rings is 5. The van der Waals surface area contributed by atoms with Gasteiger partial charge in [-0.2, -0.15) is 0 Å². The van der Waals surface area contributed by atoms with Crippen LogP contribution in [0.15, 0.2) is 72.8 Å². The molecule has 0 aromatic heterocycles. The van der Waals surface area contributed by atoms with Crippen LogP contribution in [0, 0.1) is 0 Å². The first kappa shape index (κ1) is 18.7. The normalized spacial score (nSPS) is 19.5. The molecule has 1 aliphatic carbocycles. The van der Waals surface area contributed by atoms with Gasteiger partial charge in [0.2, 0.25) is 0 Å². The van der Waals surface area contributed by atoms with Crippen molar-refractivity contribution in [2.24, 2.45) is 0 Å². The van der Waals surface area contributed by atoms with Crippen molar-refractivity contribution in [1.29, 1.82) is 0 Å². The molecule has 0 bridgehead atoms. The van der Waals surface area contributed by atoms with E-state index in [1.807, 2.05) is 0 Å². The summed E-state index contributed by atoms with van der Waals surface area (Å²) in [4.78, 5) is 0. The molecule has 154 valence electrons. The number of rotatable bonds is 2. The number of ether oxygens (including phenoxy) is 1. The third kappa shape index (κ3) is 2.90. The summed E-state index contributed by atoms with van der Waals surface area (Å²) in [7, 11) is 1.80. The average Bonchev–Trinajstić information content (AvgIpc) is 2.83. The van der Waals surface area contributed by atoms with E-state index in [0.717, 1.165) is 47.4 Å².